The number of carbonyl (C=O) groups is 2. The average molecular weight is 287 g/mol. The number of benzene rings is 1. The average Bonchev–Trinajstić information content (AvgIpc) is 2.34. The van der Waals surface area contributed by atoms with Crippen molar-refractivity contribution in [1.82, 2.24) is 5.43 Å². The summed E-state index contributed by atoms with van der Waals surface area (Å²) in [6, 6.07) is 2.96. The summed E-state index contributed by atoms with van der Waals surface area (Å²) in [5.74, 6) is -1.92. The van der Waals surface area contributed by atoms with E-state index in [1.54, 1.807) is 0 Å². The van der Waals surface area contributed by atoms with Gasteiger partial charge in [-0.15, -0.1) is 9.24 Å². The van der Waals surface area contributed by atoms with Gasteiger partial charge < -0.3 is 10.8 Å². The van der Waals surface area contributed by atoms with Crippen LogP contribution >= 0.6 is 9.24 Å². The molecule has 1 rings (SSSR count). The summed E-state index contributed by atoms with van der Waals surface area (Å²) in [6.45, 7) is 0. The first-order valence-corrected chi connectivity index (χ1v) is 6.06. The van der Waals surface area contributed by atoms with Gasteiger partial charge in [0.15, 0.2) is 0 Å². The molecule has 2 atom stereocenters. The minimum absolute atomic E-state index is 0.0200. The first-order chi connectivity index (χ1) is 8.90. The van der Waals surface area contributed by atoms with Crippen LogP contribution in [0, 0.1) is 5.82 Å². The Kier molecular flexibility index (Phi) is 5.66. The zero-order chi connectivity index (χ0) is 14.4. The molecule has 0 saturated heterocycles. The number of anilines is 1. The third kappa shape index (κ3) is 5.19. The van der Waals surface area contributed by atoms with Gasteiger partial charge in [0.25, 0.3) is 0 Å². The van der Waals surface area contributed by atoms with Gasteiger partial charge in [-0.1, -0.05) is 0 Å². The van der Waals surface area contributed by atoms with Gasteiger partial charge in [-0.25, -0.2) is 4.39 Å². The van der Waals surface area contributed by atoms with Crippen LogP contribution in [-0.2, 0) is 9.59 Å². The maximum Gasteiger partial charge on any atom is 0.320 e. The van der Waals surface area contributed by atoms with E-state index < -0.39 is 17.9 Å². The van der Waals surface area contributed by atoms with E-state index in [-0.39, 0.29) is 18.7 Å². The Morgan fingerprint density at radius 2 is 2.16 bits per heavy atom. The van der Waals surface area contributed by atoms with E-state index >= 15 is 0 Å². The SMILES string of the molecule is N[C@@H](CCC(=O)NNc1ccc(F)cc1P)C(=O)O. The first-order valence-electron chi connectivity index (χ1n) is 5.48. The highest BCUT2D eigenvalue weighted by atomic mass is 31.0. The maximum absolute atomic E-state index is 12.8. The molecule has 0 fully saturated rings. The molecule has 0 aromatic heterocycles. The fourth-order valence-electron chi connectivity index (χ4n) is 1.26. The van der Waals surface area contributed by atoms with Crippen molar-refractivity contribution in [2.45, 2.75) is 18.9 Å². The monoisotopic (exact) mass is 287 g/mol. The van der Waals surface area contributed by atoms with Crippen LogP contribution in [0.25, 0.3) is 0 Å². The van der Waals surface area contributed by atoms with E-state index in [4.69, 9.17) is 10.8 Å². The Labute approximate surface area is 111 Å². The Bertz CT molecular complexity index is 484. The summed E-state index contributed by atoms with van der Waals surface area (Å²) in [6.07, 6.45) is 0.0217. The van der Waals surface area contributed by atoms with E-state index in [1.165, 1.54) is 18.2 Å². The highest BCUT2D eigenvalue weighted by Gasteiger charge is 2.13. The van der Waals surface area contributed by atoms with Gasteiger partial charge in [0.05, 0.1) is 5.69 Å². The smallest absolute Gasteiger partial charge is 0.320 e. The van der Waals surface area contributed by atoms with E-state index in [1.807, 2.05) is 0 Å². The third-order valence-electron chi connectivity index (χ3n) is 2.35. The van der Waals surface area contributed by atoms with Gasteiger partial charge in [0.1, 0.15) is 11.9 Å². The standard InChI is InChI=1S/C11H15FN3O3P/c12-6-1-3-8(9(19)5-6)14-15-10(16)4-2-7(13)11(17)18/h1,3,5,7,14H,2,4,13,19H2,(H,15,16)(H,17,18)/t7-/m0/s1. The van der Waals surface area contributed by atoms with Crippen LogP contribution in [0.1, 0.15) is 12.8 Å². The second kappa shape index (κ2) is 7.01. The summed E-state index contributed by atoms with van der Waals surface area (Å²) in [7, 11) is 2.33. The molecule has 1 aromatic carbocycles. The highest BCUT2D eigenvalue weighted by molar-refractivity contribution is 7.28. The van der Waals surface area contributed by atoms with Crippen molar-refractivity contribution in [1.29, 1.82) is 0 Å². The molecular weight excluding hydrogens is 272 g/mol. The van der Waals surface area contributed by atoms with Gasteiger partial charge in [-0.2, -0.15) is 0 Å². The van der Waals surface area contributed by atoms with Crippen LogP contribution in [0.4, 0.5) is 10.1 Å². The van der Waals surface area contributed by atoms with Crippen molar-refractivity contribution in [3.05, 3.63) is 24.0 Å². The number of aliphatic carboxylic acids is 1. The fraction of sp³-hybridized carbons (Fsp3) is 0.273. The molecule has 0 aliphatic heterocycles. The molecule has 1 aromatic rings. The molecular formula is C11H15FN3O3P. The molecule has 0 saturated carbocycles. The predicted molar refractivity (Wildman–Crippen MR) is 72.4 cm³/mol. The molecule has 0 aliphatic rings. The number of hydrogen-bond acceptors (Lipinski definition) is 4. The predicted octanol–water partition coefficient (Wildman–Crippen LogP) is -0.0387. The number of nitrogens with two attached hydrogens (primary N) is 1. The van der Waals surface area contributed by atoms with E-state index in [0.29, 0.717) is 11.0 Å². The van der Waals surface area contributed by atoms with Crippen molar-refractivity contribution in [3.8, 4) is 0 Å². The number of rotatable bonds is 6. The second-order valence-corrected chi connectivity index (χ2v) is 4.51. The van der Waals surface area contributed by atoms with Gasteiger partial charge >= 0.3 is 5.97 Å². The summed E-state index contributed by atoms with van der Waals surface area (Å²) < 4.78 is 12.8. The molecule has 5 N–H and O–H groups in total. The van der Waals surface area contributed by atoms with Crippen molar-refractivity contribution < 1.29 is 19.1 Å². The summed E-state index contributed by atoms with van der Waals surface area (Å²) in [5.41, 5.74) is 10.8. The van der Waals surface area contributed by atoms with E-state index in [2.05, 4.69) is 20.1 Å². The number of nitrogens with one attached hydrogen (secondary N) is 2. The van der Waals surface area contributed by atoms with Crippen molar-refractivity contribution in [2.75, 3.05) is 5.43 Å². The number of halogens is 1. The molecule has 0 aliphatic carbocycles. The molecule has 6 nitrogen and oxygen atoms in total. The number of amides is 1. The lowest BCUT2D eigenvalue weighted by Gasteiger charge is -2.11. The molecule has 0 bridgehead atoms. The molecule has 19 heavy (non-hydrogen) atoms. The Morgan fingerprint density at radius 1 is 1.47 bits per heavy atom. The molecule has 1 unspecified atom stereocenters. The molecule has 8 heteroatoms. The van der Waals surface area contributed by atoms with Crippen molar-refractivity contribution in [3.63, 3.8) is 0 Å². The largest absolute Gasteiger partial charge is 0.480 e. The zero-order valence-corrected chi connectivity index (χ0v) is 11.2. The van der Waals surface area contributed by atoms with Gasteiger partial charge in [0.2, 0.25) is 5.91 Å². The maximum atomic E-state index is 12.8. The molecule has 104 valence electrons. The second-order valence-electron chi connectivity index (χ2n) is 3.89. The molecule has 0 spiro atoms. The number of hydrazine groups is 1. The minimum Gasteiger partial charge on any atom is -0.480 e. The van der Waals surface area contributed by atoms with Gasteiger partial charge in [-0.05, 0) is 29.9 Å². The van der Waals surface area contributed by atoms with Gasteiger partial charge in [-0.3, -0.25) is 20.4 Å². The zero-order valence-electron chi connectivity index (χ0n) is 10.0. The van der Waals surface area contributed by atoms with Crippen molar-refractivity contribution >= 4 is 32.1 Å². The fourth-order valence-corrected chi connectivity index (χ4v) is 1.58. The number of hydrogen-bond donors (Lipinski definition) is 4. The van der Waals surface area contributed by atoms with Crippen LogP contribution in [0.15, 0.2) is 18.2 Å². The van der Waals surface area contributed by atoms with Crippen molar-refractivity contribution in [2.24, 2.45) is 5.73 Å². The summed E-state index contributed by atoms with van der Waals surface area (Å²) in [5, 5.41) is 9.11. The third-order valence-corrected chi connectivity index (χ3v) is 2.83. The minimum atomic E-state index is -1.15. The lowest BCUT2D eigenvalue weighted by molar-refractivity contribution is -0.138. The van der Waals surface area contributed by atoms with Crippen LogP contribution in [0.3, 0.4) is 0 Å². The lowest BCUT2D eigenvalue weighted by Crippen LogP contribution is -2.35. The molecule has 1 amide bonds. The first kappa shape index (κ1) is 15.3. The Hall–Kier alpha value is -1.72. The summed E-state index contributed by atoms with van der Waals surface area (Å²) >= 11 is 0. The van der Waals surface area contributed by atoms with E-state index in [0.717, 1.165) is 0 Å². The molecule has 0 heterocycles. The molecule has 0 radical (unpaired) electrons. The number of carboxylic acid groups (broad SMARTS) is 1. The van der Waals surface area contributed by atoms with Crippen LogP contribution in [0.2, 0.25) is 0 Å². The number of carbonyl (C=O) groups excluding carboxylic acids is 1. The topological polar surface area (TPSA) is 104 Å². The highest BCUT2D eigenvalue weighted by Crippen LogP contribution is 2.08. The quantitative estimate of drug-likeness (QED) is 0.434. The number of carboxylic acids is 1. The van der Waals surface area contributed by atoms with Crippen LogP contribution in [0.5, 0.6) is 0 Å². The normalized spacial score (nSPS) is 11.7. The lowest BCUT2D eigenvalue weighted by atomic mass is 10.2. The van der Waals surface area contributed by atoms with Crippen LogP contribution in [-0.4, -0.2) is 23.0 Å². The Morgan fingerprint density at radius 3 is 2.74 bits per heavy atom. The Balaban J connectivity index is 2.40. The van der Waals surface area contributed by atoms with Gasteiger partial charge in [0, 0.05) is 6.42 Å². The van der Waals surface area contributed by atoms with Crippen LogP contribution < -0.4 is 21.9 Å². The summed E-state index contributed by atoms with van der Waals surface area (Å²) in [4.78, 5) is 21.9. The van der Waals surface area contributed by atoms with E-state index in [9.17, 15) is 14.0 Å².